The Balaban J connectivity index is 3.40. The highest BCUT2D eigenvalue weighted by atomic mass is 16.5. The van der Waals surface area contributed by atoms with Gasteiger partial charge in [0.25, 0.3) is 0 Å². The lowest BCUT2D eigenvalue weighted by atomic mass is 10.0. The predicted octanol–water partition coefficient (Wildman–Crippen LogP) is 15.1. The Labute approximate surface area is 361 Å². The van der Waals surface area contributed by atoms with Crippen molar-refractivity contribution in [1.82, 2.24) is 5.32 Å². The highest BCUT2D eigenvalue weighted by molar-refractivity contribution is 5.76. The van der Waals surface area contributed by atoms with Crippen LogP contribution in [-0.2, 0) is 14.3 Å². The Bertz CT molecular complexity index is 904. The van der Waals surface area contributed by atoms with Crippen molar-refractivity contribution in [3.8, 4) is 0 Å². The van der Waals surface area contributed by atoms with Crippen molar-refractivity contribution in [2.24, 2.45) is 0 Å². The minimum Gasteiger partial charge on any atom is -0.466 e. The fourth-order valence-corrected chi connectivity index (χ4v) is 7.77. The summed E-state index contributed by atoms with van der Waals surface area (Å²) in [6, 6.07) is -0.544. The van der Waals surface area contributed by atoms with E-state index in [1.54, 1.807) is 0 Å². The molecule has 1 amide bonds. The Morgan fingerprint density at radius 3 is 1.36 bits per heavy atom. The third-order valence-corrected chi connectivity index (χ3v) is 11.8. The lowest BCUT2D eigenvalue weighted by Crippen LogP contribution is -2.45. The van der Waals surface area contributed by atoms with Gasteiger partial charge in [0.05, 0.1) is 25.4 Å². The molecular formula is C52H99NO5. The van der Waals surface area contributed by atoms with Crippen LogP contribution in [-0.4, -0.2) is 47.4 Å². The molecule has 0 aromatic heterocycles. The smallest absolute Gasteiger partial charge is 0.305 e. The van der Waals surface area contributed by atoms with Crippen LogP contribution in [0.5, 0.6) is 0 Å². The number of aliphatic hydroxyl groups excluding tert-OH is 2. The largest absolute Gasteiger partial charge is 0.466 e. The number of carbonyl (C=O) groups is 2. The minimum absolute atomic E-state index is 0.00967. The molecule has 6 heteroatoms. The first kappa shape index (κ1) is 56.3. The Kier molecular flexibility index (Phi) is 46.6. The molecule has 0 saturated carbocycles. The maximum absolute atomic E-state index is 12.4. The number of carbonyl (C=O) groups excluding carboxylic acids is 2. The third-order valence-electron chi connectivity index (χ3n) is 11.8. The van der Waals surface area contributed by atoms with Gasteiger partial charge in [-0.3, -0.25) is 9.59 Å². The van der Waals surface area contributed by atoms with Crippen LogP contribution in [0.15, 0.2) is 24.3 Å². The summed E-state index contributed by atoms with van der Waals surface area (Å²) in [7, 11) is 0. The van der Waals surface area contributed by atoms with Crippen molar-refractivity contribution in [2.45, 2.75) is 283 Å². The van der Waals surface area contributed by atoms with E-state index in [1.807, 2.05) is 0 Å². The van der Waals surface area contributed by atoms with Gasteiger partial charge in [0, 0.05) is 12.8 Å². The summed E-state index contributed by atoms with van der Waals surface area (Å²) in [5.74, 6) is -0.0523. The Hall–Kier alpha value is -1.66. The van der Waals surface area contributed by atoms with Crippen molar-refractivity contribution < 1.29 is 24.5 Å². The second-order valence-corrected chi connectivity index (χ2v) is 17.5. The minimum atomic E-state index is -0.666. The maximum Gasteiger partial charge on any atom is 0.305 e. The van der Waals surface area contributed by atoms with Crippen molar-refractivity contribution >= 4 is 11.9 Å². The lowest BCUT2D eigenvalue weighted by molar-refractivity contribution is -0.143. The van der Waals surface area contributed by atoms with Crippen LogP contribution >= 0.6 is 0 Å². The number of allylic oxidation sites excluding steroid dienone is 4. The number of esters is 1. The molecule has 0 radical (unpaired) electrons. The van der Waals surface area contributed by atoms with E-state index in [4.69, 9.17) is 4.74 Å². The molecule has 0 aliphatic rings. The van der Waals surface area contributed by atoms with Crippen LogP contribution in [0.1, 0.15) is 271 Å². The summed E-state index contributed by atoms with van der Waals surface area (Å²) in [5, 5.41) is 23.1. The van der Waals surface area contributed by atoms with E-state index in [0.29, 0.717) is 25.9 Å². The van der Waals surface area contributed by atoms with Gasteiger partial charge in [-0.15, -0.1) is 0 Å². The summed E-state index contributed by atoms with van der Waals surface area (Å²) in [4.78, 5) is 24.4. The summed E-state index contributed by atoms with van der Waals surface area (Å²) in [6.07, 6.45) is 55.8. The number of amides is 1. The molecule has 0 aromatic rings. The molecule has 0 spiro atoms. The van der Waals surface area contributed by atoms with E-state index in [-0.39, 0.29) is 18.5 Å². The van der Waals surface area contributed by atoms with Crippen molar-refractivity contribution in [3.63, 3.8) is 0 Å². The normalized spacial score (nSPS) is 12.8. The first-order valence-corrected chi connectivity index (χ1v) is 25.6. The van der Waals surface area contributed by atoms with Gasteiger partial charge in [-0.2, -0.15) is 0 Å². The van der Waals surface area contributed by atoms with Crippen LogP contribution in [0.2, 0.25) is 0 Å². The first-order valence-electron chi connectivity index (χ1n) is 25.6. The van der Waals surface area contributed by atoms with E-state index in [2.05, 4.69) is 43.5 Å². The first-order chi connectivity index (χ1) is 28.5. The average Bonchev–Trinajstić information content (AvgIpc) is 3.22. The molecule has 342 valence electrons. The van der Waals surface area contributed by atoms with Crippen LogP contribution in [0, 0.1) is 0 Å². The molecule has 2 unspecified atom stereocenters. The molecule has 0 aliphatic heterocycles. The number of hydrogen-bond acceptors (Lipinski definition) is 5. The van der Waals surface area contributed by atoms with Crippen LogP contribution < -0.4 is 5.32 Å². The Morgan fingerprint density at radius 1 is 0.483 bits per heavy atom. The van der Waals surface area contributed by atoms with E-state index in [0.717, 1.165) is 51.4 Å². The number of rotatable bonds is 47. The molecule has 0 fully saturated rings. The van der Waals surface area contributed by atoms with E-state index in [1.165, 1.54) is 186 Å². The average molecular weight is 818 g/mol. The van der Waals surface area contributed by atoms with Gasteiger partial charge in [-0.1, -0.05) is 231 Å². The summed E-state index contributed by atoms with van der Waals surface area (Å²) >= 11 is 0. The highest BCUT2D eigenvalue weighted by Gasteiger charge is 2.20. The molecule has 2 atom stereocenters. The maximum atomic E-state index is 12.4. The van der Waals surface area contributed by atoms with Gasteiger partial charge < -0.3 is 20.3 Å². The molecule has 0 aliphatic carbocycles. The summed E-state index contributed by atoms with van der Waals surface area (Å²) in [6.45, 7) is 4.88. The highest BCUT2D eigenvalue weighted by Crippen LogP contribution is 2.16. The van der Waals surface area contributed by atoms with Gasteiger partial charge >= 0.3 is 5.97 Å². The van der Waals surface area contributed by atoms with Crippen molar-refractivity contribution in [1.29, 1.82) is 0 Å². The molecule has 0 heterocycles. The fourth-order valence-electron chi connectivity index (χ4n) is 7.77. The number of nitrogens with one attached hydrogen (secondary N) is 1. The number of ether oxygens (including phenoxy) is 1. The zero-order valence-corrected chi connectivity index (χ0v) is 38.8. The second kappa shape index (κ2) is 48.0. The molecule has 58 heavy (non-hydrogen) atoms. The third kappa shape index (κ3) is 43.9. The second-order valence-electron chi connectivity index (χ2n) is 17.5. The fraction of sp³-hybridized carbons (Fsp3) is 0.885. The Morgan fingerprint density at radius 2 is 0.879 bits per heavy atom. The summed E-state index contributed by atoms with van der Waals surface area (Å²) < 4.78 is 5.46. The molecule has 0 bridgehead atoms. The molecule has 0 saturated heterocycles. The quantitative estimate of drug-likeness (QED) is 0.0323. The molecule has 0 rings (SSSR count). The zero-order chi connectivity index (χ0) is 42.3. The predicted molar refractivity (Wildman–Crippen MR) is 250 cm³/mol. The van der Waals surface area contributed by atoms with Crippen molar-refractivity contribution in [3.05, 3.63) is 24.3 Å². The zero-order valence-electron chi connectivity index (χ0n) is 38.8. The summed E-state index contributed by atoms with van der Waals surface area (Å²) in [5.41, 5.74) is 0. The van der Waals surface area contributed by atoms with Crippen LogP contribution in [0.4, 0.5) is 0 Å². The van der Waals surface area contributed by atoms with Gasteiger partial charge in [-0.05, 0) is 51.4 Å². The number of hydrogen-bond donors (Lipinski definition) is 3. The standard InChI is InChI=1S/C52H99NO5/c1-3-5-7-9-11-13-15-16-23-26-30-34-38-42-46-52(57)58-47-43-39-35-31-27-24-21-19-17-18-20-22-25-29-33-37-41-45-51(56)53-49(48-54)50(55)44-40-36-32-28-14-12-10-8-6-4-2/h9,11,15-16,49-50,54-55H,3-8,10,12-14,17-48H2,1-2H3,(H,53,56)/b11-9-,16-15-. The van der Waals surface area contributed by atoms with E-state index < -0.39 is 12.1 Å². The van der Waals surface area contributed by atoms with Crippen LogP contribution in [0.3, 0.4) is 0 Å². The van der Waals surface area contributed by atoms with Gasteiger partial charge in [-0.25, -0.2) is 0 Å². The van der Waals surface area contributed by atoms with E-state index in [9.17, 15) is 19.8 Å². The lowest BCUT2D eigenvalue weighted by Gasteiger charge is -2.22. The molecular weight excluding hydrogens is 719 g/mol. The number of aliphatic hydroxyl groups is 2. The van der Waals surface area contributed by atoms with Gasteiger partial charge in [0.1, 0.15) is 0 Å². The van der Waals surface area contributed by atoms with Crippen LogP contribution in [0.25, 0.3) is 0 Å². The van der Waals surface area contributed by atoms with Gasteiger partial charge in [0.15, 0.2) is 0 Å². The van der Waals surface area contributed by atoms with Gasteiger partial charge in [0.2, 0.25) is 5.91 Å². The monoisotopic (exact) mass is 818 g/mol. The number of unbranched alkanes of at least 4 members (excludes halogenated alkanes) is 32. The molecule has 3 N–H and O–H groups in total. The molecule has 6 nitrogen and oxygen atoms in total. The van der Waals surface area contributed by atoms with Crippen molar-refractivity contribution in [2.75, 3.05) is 13.2 Å². The van der Waals surface area contributed by atoms with E-state index >= 15 is 0 Å². The SMILES string of the molecule is CCCC/C=C\C/C=C\CCCCCCCC(=O)OCCCCCCCCCCCCCCCCCCCC(=O)NC(CO)C(O)CCCCCCCCCCCC. The molecule has 0 aromatic carbocycles. The topological polar surface area (TPSA) is 95.9 Å².